The van der Waals surface area contributed by atoms with E-state index in [-0.39, 0.29) is 0 Å². The maximum absolute atomic E-state index is 6.16. The number of rotatable bonds is 12. The minimum Gasteiger partial charge on any atom is -0.361 e. The smallest absolute Gasteiger partial charge is 0.157 e. The molecule has 32 heavy (non-hydrogen) atoms. The molecule has 0 radical (unpaired) electrons. The van der Waals surface area contributed by atoms with Crippen molar-refractivity contribution in [2.24, 2.45) is 0 Å². The van der Waals surface area contributed by atoms with Gasteiger partial charge in [0, 0.05) is 53.1 Å². The molecule has 8 heteroatoms. The van der Waals surface area contributed by atoms with Crippen LogP contribution in [0, 0.1) is 0 Å². The summed E-state index contributed by atoms with van der Waals surface area (Å²) >= 11 is 0. The average molecular weight is 477 g/mol. The Morgan fingerprint density at radius 3 is 2.09 bits per heavy atom. The number of ether oxygens (including phenoxy) is 2. The van der Waals surface area contributed by atoms with Crippen LogP contribution in [0.2, 0.25) is 51.4 Å². The minimum absolute atomic E-state index is 0.514. The van der Waals surface area contributed by atoms with E-state index in [4.69, 9.17) is 14.5 Å². The lowest BCUT2D eigenvalue weighted by Gasteiger charge is -2.28. The zero-order valence-corrected chi connectivity index (χ0v) is 23.2. The summed E-state index contributed by atoms with van der Waals surface area (Å²) in [4.78, 5) is 7.16. The molecule has 0 atom stereocenters. The molecule has 1 aliphatic rings. The van der Waals surface area contributed by atoms with Gasteiger partial charge in [-0.1, -0.05) is 58.5 Å². The van der Waals surface area contributed by atoms with Crippen LogP contribution in [0.15, 0.2) is 18.3 Å². The Balaban J connectivity index is 1.78. The lowest BCUT2D eigenvalue weighted by Crippen LogP contribution is -2.33. The van der Waals surface area contributed by atoms with Gasteiger partial charge in [-0.15, -0.1) is 0 Å². The third kappa shape index (κ3) is 7.97. The van der Waals surface area contributed by atoms with Crippen LogP contribution in [-0.2, 0) is 9.47 Å². The van der Waals surface area contributed by atoms with Gasteiger partial charge in [-0.05, 0) is 24.9 Å². The van der Waals surface area contributed by atoms with Gasteiger partial charge in [-0.3, -0.25) is 0 Å². The number of hydrogen-bond donors (Lipinski definition) is 0. The van der Waals surface area contributed by atoms with Gasteiger partial charge in [0.25, 0.3) is 0 Å². The second kappa shape index (κ2) is 11.3. The van der Waals surface area contributed by atoms with Crippen LogP contribution in [0.25, 0.3) is 5.65 Å². The first kappa shape index (κ1) is 25.4. The molecule has 2 heterocycles. The highest BCUT2D eigenvalue weighted by Gasteiger charge is 2.22. The van der Waals surface area contributed by atoms with Gasteiger partial charge in [0.2, 0.25) is 0 Å². The fourth-order valence-electron chi connectivity index (χ4n) is 4.02. The predicted octanol–water partition coefficient (Wildman–Crippen LogP) is 6.21. The van der Waals surface area contributed by atoms with Gasteiger partial charge >= 0.3 is 0 Å². The highest BCUT2D eigenvalue weighted by atomic mass is 28.3. The van der Waals surface area contributed by atoms with Crippen LogP contribution in [0.3, 0.4) is 0 Å². The standard InChI is InChI=1S/C24H44N4O2Si2/c1-31(2,3)16-14-29-19-27(20-30-15-17-32(4,5)6)24-18-22(21-10-8-7-9-11-21)26-23-12-13-25-28(23)24/h12-13,18,21H,7-11,14-17,19-20H2,1-6H3. The fraction of sp³-hybridized carbons (Fsp3) is 0.750. The first-order chi connectivity index (χ1) is 15.1. The molecule has 2 aromatic heterocycles. The molecule has 0 unspecified atom stereocenters. The van der Waals surface area contributed by atoms with Gasteiger partial charge in [0.1, 0.15) is 19.3 Å². The number of anilines is 1. The molecule has 2 aromatic rings. The van der Waals surface area contributed by atoms with Crippen molar-refractivity contribution < 1.29 is 9.47 Å². The van der Waals surface area contributed by atoms with Crippen molar-refractivity contribution in [3.8, 4) is 0 Å². The van der Waals surface area contributed by atoms with Gasteiger partial charge < -0.3 is 14.4 Å². The second-order valence-electron chi connectivity index (χ2n) is 11.7. The highest BCUT2D eigenvalue weighted by Crippen LogP contribution is 2.33. The van der Waals surface area contributed by atoms with Gasteiger partial charge in [-0.2, -0.15) is 9.61 Å². The van der Waals surface area contributed by atoms with Crippen LogP contribution in [0.1, 0.15) is 43.7 Å². The van der Waals surface area contributed by atoms with E-state index in [1.54, 1.807) is 0 Å². The van der Waals surface area contributed by atoms with E-state index in [2.05, 4.69) is 55.3 Å². The SMILES string of the molecule is C[Si](C)(C)CCOCN(COCC[Si](C)(C)C)c1cc(C2CCCCC2)nc2ccnn12. The maximum Gasteiger partial charge on any atom is 0.157 e. The molecule has 180 valence electrons. The molecular formula is C24H44N4O2Si2. The molecule has 0 N–H and O–H groups in total. The van der Waals surface area contributed by atoms with E-state index in [1.165, 1.54) is 37.8 Å². The van der Waals surface area contributed by atoms with Crippen molar-refractivity contribution in [3.63, 3.8) is 0 Å². The zero-order valence-electron chi connectivity index (χ0n) is 21.2. The fourth-order valence-corrected chi connectivity index (χ4v) is 5.54. The van der Waals surface area contributed by atoms with Crippen LogP contribution in [0.5, 0.6) is 0 Å². The molecule has 0 saturated heterocycles. The summed E-state index contributed by atoms with van der Waals surface area (Å²) in [7, 11) is -2.25. The molecule has 1 aliphatic carbocycles. The lowest BCUT2D eigenvalue weighted by molar-refractivity contribution is 0.0942. The monoisotopic (exact) mass is 476 g/mol. The zero-order chi connectivity index (χ0) is 23.2. The molecule has 1 fully saturated rings. The van der Waals surface area contributed by atoms with E-state index in [9.17, 15) is 0 Å². The van der Waals surface area contributed by atoms with Crippen molar-refractivity contribution >= 4 is 27.6 Å². The first-order valence-electron chi connectivity index (χ1n) is 12.4. The average Bonchev–Trinajstić information content (AvgIpc) is 3.20. The summed E-state index contributed by atoms with van der Waals surface area (Å²) in [5.41, 5.74) is 2.11. The van der Waals surface area contributed by atoms with Crippen molar-refractivity contribution in [2.45, 2.75) is 89.4 Å². The first-order valence-corrected chi connectivity index (χ1v) is 19.8. The highest BCUT2D eigenvalue weighted by molar-refractivity contribution is 6.76. The Morgan fingerprint density at radius 2 is 1.53 bits per heavy atom. The summed E-state index contributed by atoms with van der Waals surface area (Å²) in [5.74, 6) is 1.58. The molecule has 0 spiro atoms. The summed E-state index contributed by atoms with van der Waals surface area (Å²) < 4.78 is 14.3. The van der Waals surface area contributed by atoms with E-state index in [0.717, 1.165) is 36.8 Å². The Bertz CT molecular complexity index is 817. The van der Waals surface area contributed by atoms with Gasteiger partial charge in [-0.25, -0.2) is 4.98 Å². The van der Waals surface area contributed by atoms with Crippen molar-refractivity contribution in [3.05, 3.63) is 24.0 Å². The molecule has 0 bridgehead atoms. The van der Waals surface area contributed by atoms with Crippen molar-refractivity contribution in [1.82, 2.24) is 14.6 Å². The summed E-state index contributed by atoms with van der Waals surface area (Å²) in [6, 6.07) is 6.57. The third-order valence-corrected chi connectivity index (χ3v) is 9.60. The summed E-state index contributed by atoms with van der Waals surface area (Å²) in [6.45, 7) is 17.0. The Labute approximate surface area is 196 Å². The second-order valence-corrected chi connectivity index (χ2v) is 23.0. The number of aromatic nitrogens is 3. The maximum atomic E-state index is 6.16. The molecule has 0 amide bonds. The molecule has 1 saturated carbocycles. The topological polar surface area (TPSA) is 51.9 Å². The van der Waals surface area contributed by atoms with Gasteiger partial charge in [0.15, 0.2) is 5.65 Å². The number of fused-ring (bicyclic) bond motifs is 1. The van der Waals surface area contributed by atoms with Gasteiger partial charge in [0.05, 0.1) is 6.20 Å². The predicted molar refractivity (Wildman–Crippen MR) is 139 cm³/mol. The summed E-state index contributed by atoms with van der Waals surface area (Å²) in [6.07, 6.45) is 8.25. The van der Waals surface area contributed by atoms with Crippen LogP contribution >= 0.6 is 0 Å². The largest absolute Gasteiger partial charge is 0.361 e. The normalized spacial score (nSPS) is 16.1. The Morgan fingerprint density at radius 1 is 0.938 bits per heavy atom. The lowest BCUT2D eigenvalue weighted by atomic mass is 9.87. The van der Waals surface area contributed by atoms with E-state index in [0.29, 0.717) is 19.4 Å². The van der Waals surface area contributed by atoms with E-state index >= 15 is 0 Å². The van der Waals surface area contributed by atoms with Crippen molar-refractivity contribution in [2.75, 3.05) is 31.6 Å². The van der Waals surface area contributed by atoms with Crippen LogP contribution in [0.4, 0.5) is 5.82 Å². The summed E-state index contributed by atoms with van der Waals surface area (Å²) in [5, 5.41) is 4.58. The van der Waals surface area contributed by atoms with Crippen LogP contribution < -0.4 is 4.90 Å². The number of nitrogens with zero attached hydrogens (tertiary/aromatic N) is 4. The Hall–Kier alpha value is -1.23. The van der Waals surface area contributed by atoms with E-state index < -0.39 is 16.1 Å². The molecular weight excluding hydrogens is 432 g/mol. The van der Waals surface area contributed by atoms with Crippen LogP contribution in [-0.4, -0.2) is 57.4 Å². The Kier molecular flexibility index (Phi) is 8.94. The molecule has 6 nitrogen and oxygen atoms in total. The van der Waals surface area contributed by atoms with Crippen molar-refractivity contribution in [1.29, 1.82) is 0 Å². The van der Waals surface area contributed by atoms with E-state index in [1.807, 2.05) is 16.8 Å². The molecule has 0 aliphatic heterocycles. The molecule has 3 rings (SSSR count). The minimum atomic E-state index is -1.12. The molecule has 0 aromatic carbocycles. The quantitative estimate of drug-likeness (QED) is 0.207. The third-order valence-electron chi connectivity index (χ3n) is 6.19. The number of hydrogen-bond acceptors (Lipinski definition) is 5.